The van der Waals surface area contributed by atoms with Crippen LogP contribution in [0.5, 0.6) is 0 Å². The second-order valence-corrected chi connectivity index (χ2v) is 1.63. The van der Waals surface area contributed by atoms with Crippen LogP contribution in [0, 0.1) is 0 Å². The monoisotopic (exact) mass is 140 g/mol. The van der Waals surface area contributed by atoms with E-state index in [4.69, 9.17) is 5.11 Å². The van der Waals surface area contributed by atoms with Gasteiger partial charge in [0, 0.05) is 12.5 Å². The first-order chi connectivity index (χ1) is 4.66. The molecule has 0 aliphatic heterocycles. The van der Waals surface area contributed by atoms with Crippen LogP contribution in [0.25, 0.3) is 0 Å². The summed E-state index contributed by atoms with van der Waals surface area (Å²) in [6, 6.07) is 0. The van der Waals surface area contributed by atoms with E-state index in [9.17, 15) is 9.59 Å². The van der Waals surface area contributed by atoms with E-state index in [0.29, 0.717) is 0 Å². The summed E-state index contributed by atoms with van der Waals surface area (Å²) in [5, 5.41) is 8.07. The summed E-state index contributed by atoms with van der Waals surface area (Å²) in [5.74, 6) is -1.37. The molecule has 0 fully saturated rings. The molecule has 0 radical (unpaired) electrons. The average Bonchev–Trinajstić information content (AvgIpc) is 1.85. The first-order valence-corrected chi connectivity index (χ1v) is 2.71. The molecule has 0 rings (SSSR count). The highest BCUT2D eigenvalue weighted by Gasteiger charge is 1.92. The Labute approximate surface area is 58.7 Å². The highest BCUT2D eigenvalue weighted by molar-refractivity contribution is 5.95. The van der Waals surface area contributed by atoms with Gasteiger partial charge in [-0.1, -0.05) is 6.08 Å². The fraction of sp³-hybridized carbons (Fsp3) is 0.143. The summed E-state index contributed by atoms with van der Waals surface area (Å²) in [5.41, 5.74) is 0. The Kier molecular flexibility index (Phi) is 3.87. The quantitative estimate of drug-likeness (QED) is 0.463. The molecule has 3 heteroatoms. The molecule has 0 spiro atoms. The van der Waals surface area contributed by atoms with Crippen LogP contribution in [-0.2, 0) is 9.59 Å². The van der Waals surface area contributed by atoms with E-state index in [2.05, 4.69) is 6.58 Å². The largest absolute Gasteiger partial charge is 0.478 e. The SMILES string of the molecule is C=CCC(=O)/C=C/C(=O)O. The summed E-state index contributed by atoms with van der Waals surface area (Å²) in [7, 11) is 0. The number of carbonyl (C=O) groups excluding carboxylic acids is 1. The molecule has 0 saturated heterocycles. The van der Waals surface area contributed by atoms with Gasteiger partial charge in [0.1, 0.15) is 0 Å². The molecule has 3 nitrogen and oxygen atoms in total. The standard InChI is InChI=1S/C7H8O3/c1-2-3-6(8)4-5-7(9)10/h2,4-5H,1,3H2,(H,9,10)/b5-4+. The number of rotatable bonds is 4. The van der Waals surface area contributed by atoms with Crippen LogP contribution in [0.3, 0.4) is 0 Å². The molecule has 0 aliphatic rings. The first kappa shape index (κ1) is 8.62. The number of carboxylic acids is 1. The average molecular weight is 140 g/mol. The number of carboxylic acid groups (broad SMARTS) is 1. The van der Waals surface area contributed by atoms with Gasteiger partial charge in [-0.2, -0.15) is 0 Å². The van der Waals surface area contributed by atoms with Gasteiger partial charge < -0.3 is 5.11 Å². The number of ketones is 1. The molecule has 0 atom stereocenters. The van der Waals surface area contributed by atoms with Gasteiger partial charge >= 0.3 is 5.97 Å². The third-order valence-corrected chi connectivity index (χ3v) is 0.757. The maximum atomic E-state index is 10.5. The van der Waals surface area contributed by atoms with E-state index >= 15 is 0 Å². The molecule has 0 aliphatic carbocycles. The predicted octanol–water partition coefficient (Wildman–Crippen LogP) is 0.772. The molecule has 0 saturated carbocycles. The first-order valence-electron chi connectivity index (χ1n) is 2.71. The fourth-order valence-corrected chi connectivity index (χ4v) is 0.375. The van der Waals surface area contributed by atoms with E-state index in [1.54, 1.807) is 0 Å². The third-order valence-electron chi connectivity index (χ3n) is 0.757. The minimum absolute atomic E-state index is 0.184. The van der Waals surface area contributed by atoms with Crippen LogP contribution in [0.1, 0.15) is 6.42 Å². The summed E-state index contributed by atoms with van der Waals surface area (Å²) < 4.78 is 0. The minimum Gasteiger partial charge on any atom is -0.478 e. The van der Waals surface area contributed by atoms with Crippen molar-refractivity contribution >= 4 is 11.8 Å². The predicted molar refractivity (Wildman–Crippen MR) is 36.6 cm³/mol. The van der Waals surface area contributed by atoms with Gasteiger partial charge in [-0.25, -0.2) is 4.79 Å². The Balaban J connectivity index is 3.77. The normalized spacial score (nSPS) is 9.60. The zero-order valence-electron chi connectivity index (χ0n) is 5.41. The lowest BCUT2D eigenvalue weighted by Crippen LogP contribution is -1.92. The summed E-state index contributed by atoms with van der Waals surface area (Å²) in [6.45, 7) is 3.33. The molecule has 10 heavy (non-hydrogen) atoms. The molecule has 0 aromatic carbocycles. The molecule has 0 aromatic rings. The van der Waals surface area contributed by atoms with E-state index in [0.717, 1.165) is 12.2 Å². The van der Waals surface area contributed by atoms with Crippen molar-refractivity contribution in [3.05, 3.63) is 24.8 Å². The Bertz CT molecular complexity index is 179. The second kappa shape index (κ2) is 4.49. The lowest BCUT2D eigenvalue weighted by molar-refractivity contribution is -0.131. The minimum atomic E-state index is -1.11. The van der Waals surface area contributed by atoms with Gasteiger partial charge in [-0.3, -0.25) is 4.79 Å². The zero-order chi connectivity index (χ0) is 7.98. The van der Waals surface area contributed by atoms with E-state index in [1.165, 1.54) is 6.08 Å². The van der Waals surface area contributed by atoms with Gasteiger partial charge in [-0.15, -0.1) is 6.58 Å². The van der Waals surface area contributed by atoms with Crippen LogP contribution in [-0.4, -0.2) is 16.9 Å². The molecule has 0 unspecified atom stereocenters. The summed E-state index contributed by atoms with van der Waals surface area (Å²) in [6.07, 6.45) is 3.44. The summed E-state index contributed by atoms with van der Waals surface area (Å²) >= 11 is 0. The van der Waals surface area contributed by atoms with Crippen molar-refractivity contribution < 1.29 is 14.7 Å². The number of carbonyl (C=O) groups is 2. The lowest BCUT2D eigenvalue weighted by Gasteiger charge is -1.82. The van der Waals surface area contributed by atoms with Crippen LogP contribution >= 0.6 is 0 Å². The van der Waals surface area contributed by atoms with Gasteiger partial charge in [0.2, 0.25) is 0 Å². The Morgan fingerprint density at radius 3 is 2.40 bits per heavy atom. The van der Waals surface area contributed by atoms with Gasteiger partial charge in [0.15, 0.2) is 5.78 Å². The molecule has 0 heterocycles. The Morgan fingerprint density at radius 1 is 1.40 bits per heavy atom. The lowest BCUT2D eigenvalue weighted by atomic mass is 10.2. The van der Waals surface area contributed by atoms with Gasteiger partial charge in [-0.05, 0) is 6.08 Å². The van der Waals surface area contributed by atoms with E-state index in [1.807, 2.05) is 0 Å². The number of allylic oxidation sites excluding steroid dienone is 2. The summed E-state index contributed by atoms with van der Waals surface area (Å²) in [4.78, 5) is 20.4. The highest BCUT2D eigenvalue weighted by Crippen LogP contribution is 1.85. The Hall–Kier alpha value is -1.38. The topological polar surface area (TPSA) is 54.4 Å². The van der Waals surface area contributed by atoms with Crippen LogP contribution in [0.4, 0.5) is 0 Å². The van der Waals surface area contributed by atoms with Crippen molar-refractivity contribution in [1.29, 1.82) is 0 Å². The maximum Gasteiger partial charge on any atom is 0.328 e. The van der Waals surface area contributed by atoms with Crippen LogP contribution < -0.4 is 0 Å². The zero-order valence-corrected chi connectivity index (χ0v) is 5.41. The van der Waals surface area contributed by atoms with Crippen molar-refractivity contribution in [2.75, 3.05) is 0 Å². The second-order valence-electron chi connectivity index (χ2n) is 1.63. The highest BCUT2D eigenvalue weighted by atomic mass is 16.4. The number of hydrogen-bond acceptors (Lipinski definition) is 2. The van der Waals surface area contributed by atoms with Crippen molar-refractivity contribution in [2.24, 2.45) is 0 Å². The smallest absolute Gasteiger partial charge is 0.328 e. The van der Waals surface area contributed by atoms with E-state index in [-0.39, 0.29) is 12.2 Å². The van der Waals surface area contributed by atoms with Crippen LogP contribution in [0.15, 0.2) is 24.8 Å². The molecule has 0 aromatic heterocycles. The van der Waals surface area contributed by atoms with Crippen molar-refractivity contribution in [1.82, 2.24) is 0 Å². The molecular formula is C7H8O3. The number of aliphatic carboxylic acids is 1. The van der Waals surface area contributed by atoms with Crippen LogP contribution in [0.2, 0.25) is 0 Å². The van der Waals surface area contributed by atoms with Gasteiger partial charge in [0.05, 0.1) is 0 Å². The third kappa shape index (κ3) is 4.77. The van der Waals surface area contributed by atoms with Crippen molar-refractivity contribution in [2.45, 2.75) is 6.42 Å². The maximum absolute atomic E-state index is 10.5. The van der Waals surface area contributed by atoms with E-state index < -0.39 is 5.97 Å². The number of hydrogen-bond donors (Lipinski definition) is 1. The fourth-order valence-electron chi connectivity index (χ4n) is 0.375. The van der Waals surface area contributed by atoms with Crippen molar-refractivity contribution in [3.8, 4) is 0 Å². The Morgan fingerprint density at radius 2 is 2.00 bits per heavy atom. The van der Waals surface area contributed by atoms with Gasteiger partial charge in [0.25, 0.3) is 0 Å². The molecule has 0 bridgehead atoms. The molecule has 0 amide bonds. The molecular weight excluding hydrogens is 132 g/mol. The molecule has 54 valence electrons. The molecule has 1 N–H and O–H groups in total. The van der Waals surface area contributed by atoms with Crippen molar-refractivity contribution in [3.63, 3.8) is 0 Å².